The SMILES string of the molecule is COCCNCCN(C)Cc1cncc(F)c1. The second kappa shape index (κ2) is 8.11. The summed E-state index contributed by atoms with van der Waals surface area (Å²) in [5.41, 5.74) is 0.893. The van der Waals surface area contributed by atoms with Gasteiger partial charge in [-0.25, -0.2) is 4.39 Å². The van der Waals surface area contributed by atoms with E-state index in [-0.39, 0.29) is 5.82 Å². The van der Waals surface area contributed by atoms with Gasteiger partial charge in [-0.15, -0.1) is 0 Å². The molecule has 0 saturated carbocycles. The molecule has 0 spiro atoms. The minimum Gasteiger partial charge on any atom is -0.383 e. The van der Waals surface area contributed by atoms with E-state index in [0.717, 1.165) is 31.8 Å². The summed E-state index contributed by atoms with van der Waals surface area (Å²) in [5.74, 6) is -0.283. The predicted octanol–water partition coefficient (Wildman–Crippen LogP) is 0.888. The van der Waals surface area contributed by atoms with Gasteiger partial charge in [0.25, 0.3) is 0 Å². The van der Waals surface area contributed by atoms with Crippen molar-refractivity contribution in [3.63, 3.8) is 0 Å². The summed E-state index contributed by atoms with van der Waals surface area (Å²) in [5, 5.41) is 3.26. The molecule has 0 saturated heterocycles. The van der Waals surface area contributed by atoms with E-state index < -0.39 is 0 Å². The van der Waals surface area contributed by atoms with E-state index in [9.17, 15) is 4.39 Å². The van der Waals surface area contributed by atoms with E-state index in [1.54, 1.807) is 13.3 Å². The molecule has 1 aromatic heterocycles. The average molecular weight is 241 g/mol. The number of aromatic nitrogens is 1. The lowest BCUT2D eigenvalue weighted by Gasteiger charge is -2.16. The molecule has 5 heteroatoms. The van der Waals surface area contributed by atoms with Gasteiger partial charge in [0.15, 0.2) is 0 Å². The Kier molecular flexibility index (Phi) is 6.69. The normalized spacial score (nSPS) is 11.1. The molecule has 0 fully saturated rings. The lowest BCUT2D eigenvalue weighted by atomic mass is 10.2. The van der Waals surface area contributed by atoms with Crippen LogP contribution in [0.15, 0.2) is 18.5 Å². The van der Waals surface area contributed by atoms with Gasteiger partial charge in [0.05, 0.1) is 12.8 Å². The highest BCUT2D eigenvalue weighted by molar-refractivity contribution is 5.09. The molecule has 0 amide bonds. The monoisotopic (exact) mass is 241 g/mol. The van der Waals surface area contributed by atoms with Gasteiger partial charge in [0.1, 0.15) is 5.82 Å². The van der Waals surface area contributed by atoms with Crippen molar-refractivity contribution >= 4 is 0 Å². The van der Waals surface area contributed by atoms with Crippen LogP contribution in [0.3, 0.4) is 0 Å². The molecule has 1 rings (SSSR count). The van der Waals surface area contributed by atoms with Crippen molar-refractivity contribution in [3.05, 3.63) is 29.8 Å². The van der Waals surface area contributed by atoms with Crippen molar-refractivity contribution in [2.24, 2.45) is 0 Å². The van der Waals surface area contributed by atoms with Crippen molar-refractivity contribution in [2.45, 2.75) is 6.54 Å². The minimum atomic E-state index is -0.283. The Bertz CT molecular complexity index is 322. The lowest BCUT2D eigenvalue weighted by Crippen LogP contribution is -2.30. The largest absolute Gasteiger partial charge is 0.383 e. The summed E-state index contributed by atoms with van der Waals surface area (Å²) in [6.07, 6.45) is 2.91. The number of nitrogens with one attached hydrogen (secondary N) is 1. The van der Waals surface area contributed by atoms with Crippen LogP contribution >= 0.6 is 0 Å². The topological polar surface area (TPSA) is 37.4 Å². The van der Waals surface area contributed by atoms with Crippen molar-refractivity contribution < 1.29 is 9.13 Å². The quantitative estimate of drug-likeness (QED) is 0.686. The van der Waals surface area contributed by atoms with Crippen molar-refractivity contribution in [3.8, 4) is 0 Å². The minimum absolute atomic E-state index is 0.283. The second-order valence-electron chi connectivity index (χ2n) is 3.99. The van der Waals surface area contributed by atoms with E-state index in [0.29, 0.717) is 6.54 Å². The third-order valence-electron chi connectivity index (χ3n) is 2.37. The Morgan fingerprint density at radius 1 is 1.41 bits per heavy atom. The number of hydrogen-bond donors (Lipinski definition) is 1. The third-order valence-corrected chi connectivity index (χ3v) is 2.37. The summed E-state index contributed by atoms with van der Waals surface area (Å²) in [6, 6.07) is 1.52. The molecule has 0 bridgehead atoms. The first-order valence-corrected chi connectivity index (χ1v) is 5.70. The van der Waals surface area contributed by atoms with Crippen LogP contribution in [0.2, 0.25) is 0 Å². The van der Waals surface area contributed by atoms with Crippen LogP contribution in [0.1, 0.15) is 5.56 Å². The van der Waals surface area contributed by atoms with E-state index in [1.165, 1.54) is 12.3 Å². The van der Waals surface area contributed by atoms with Crippen LogP contribution < -0.4 is 5.32 Å². The van der Waals surface area contributed by atoms with Crippen LogP contribution in [-0.2, 0) is 11.3 Å². The number of hydrogen-bond acceptors (Lipinski definition) is 4. The zero-order chi connectivity index (χ0) is 12.5. The predicted molar refractivity (Wildman–Crippen MR) is 65.3 cm³/mol. The molecule has 4 nitrogen and oxygen atoms in total. The van der Waals surface area contributed by atoms with Gasteiger partial charge >= 0.3 is 0 Å². The fourth-order valence-electron chi connectivity index (χ4n) is 1.50. The summed E-state index contributed by atoms with van der Waals surface area (Å²) < 4.78 is 17.8. The maximum Gasteiger partial charge on any atom is 0.141 e. The van der Waals surface area contributed by atoms with Gasteiger partial charge in [-0.1, -0.05) is 0 Å². The van der Waals surface area contributed by atoms with Crippen LogP contribution in [0.4, 0.5) is 4.39 Å². The zero-order valence-corrected chi connectivity index (χ0v) is 10.4. The Hall–Kier alpha value is -1.04. The van der Waals surface area contributed by atoms with Gasteiger partial charge in [0, 0.05) is 39.5 Å². The zero-order valence-electron chi connectivity index (χ0n) is 10.4. The number of rotatable bonds is 8. The molecule has 0 aliphatic carbocycles. The number of nitrogens with zero attached hydrogens (tertiary/aromatic N) is 2. The molecule has 0 aliphatic rings. The van der Waals surface area contributed by atoms with Crippen LogP contribution in [0.25, 0.3) is 0 Å². The molecule has 0 unspecified atom stereocenters. The lowest BCUT2D eigenvalue weighted by molar-refractivity contribution is 0.197. The summed E-state index contributed by atoms with van der Waals surface area (Å²) >= 11 is 0. The number of halogens is 1. The van der Waals surface area contributed by atoms with Gasteiger partial charge in [-0.05, 0) is 18.7 Å². The third kappa shape index (κ3) is 6.31. The van der Waals surface area contributed by atoms with Gasteiger partial charge in [-0.2, -0.15) is 0 Å². The van der Waals surface area contributed by atoms with Crippen LogP contribution in [0, 0.1) is 5.82 Å². The molecule has 96 valence electrons. The fourth-order valence-corrected chi connectivity index (χ4v) is 1.50. The average Bonchev–Trinajstić information content (AvgIpc) is 2.29. The molecule has 1 heterocycles. The molecule has 0 aromatic carbocycles. The van der Waals surface area contributed by atoms with Gasteiger partial charge in [-0.3, -0.25) is 4.98 Å². The number of likely N-dealkylation sites (N-methyl/N-ethyl adjacent to an activating group) is 1. The summed E-state index contributed by atoms with van der Waals surface area (Å²) in [6.45, 7) is 4.07. The number of methoxy groups -OCH3 is 1. The molecule has 1 N–H and O–H groups in total. The van der Waals surface area contributed by atoms with Crippen molar-refractivity contribution in [1.29, 1.82) is 0 Å². The van der Waals surface area contributed by atoms with Gasteiger partial charge < -0.3 is 15.0 Å². The maximum atomic E-state index is 12.9. The molecule has 17 heavy (non-hydrogen) atoms. The van der Waals surface area contributed by atoms with E-state index in [4.69, 9.17) is 4.74 Å². The maximum absolute atomic E-state index is 12.9. The van der Waals surface area contributed by atoms with Gasteiger partial charge in [0.2, 0.25) is 0 Å². The molecule has 0 atom stereocenters. The highest BCUT2D eigenvalue weighted by atomic mass is 19.1. The van der Waals surface area contributed by atoms with E-state index in [1.807, 2.05) is 7.05 Å². The van der Waals surface area contributed by atoms with Crippen LogP contribution in [0.5, 0.6) is 0 Å². The highest BCUT2D eigenvalue weighted by Crippen LogP contribution is 2.03. The second-order valence-corrected chi connectivity index (χ2v) is 3.99. The summed E-state index contributed by atoms with van der Waals surface area (Å²) in [4.78, 5) is 5.95. The fraction of sp³-hybridized carbons (Fsp3) is 0.583. The number of pyridine rings is 1. The Morgan fingerprint density at radius 2 is 2.24 bits per heavy atom. The Labute approximate surface area is 102 Å². The standard InChI is InChI=1S/C12H20FN3O/c1-16(5-3-14-4-6-17-2)10-11-7-12(13)9-15-8-11/h7-9,14H,3-6,10H2,1-2H3. The first-order chi connectivity index (χ1) is 8.22. The molecule has 0 radical (unpaired) electrons. The van der Waals surface area contributed by atoms with E-state index in [2.05, 4.69) is 15.2 Å². The van der Waals surface area contributed by atoms with Crippen LogP contribution in [-0.4, -0.2) is 50.3 Å². The Morgan fingerprint density at radius 3 is 2.94 bits per heavy atom. The smallest absolute Gasteiger partial charge is 0.141 e. The molecular formula is C12H20FN3O. The Balaban J connectivity index is 2.18. The highest BCUT2D eigenvalue weighted by Gasteiger charge is 2.01. The first kappa shape index (κ1) is 14.0. The van der Waals surface area contributed by atoms with Crippen molar-refractivity contribution in [2.75, 3.05) is 40.4 Å². The summed E-state index contributed by atoms with van der Waals surface area (Å²) in [7, 11) is 3.69. The number of ether oxygens (including phenoxy) is 1. The molecule has 1 aromatic rings. The molecule has 0 aliphatic heterocycles. The first-order valence-electron chi connectivity index (χ1n) is 5.70. The van der Waals surface area contributed by atoms with Crippen molar-refractivity contribution in [1.82, 2.24) is 15.2 Å². The van der Waals surface area contributed by atoms with E-state index >= 15 is 0 Å². The molecular weight excluding hydrogens is 221 g/mol.